The molecule has 0 fully saturated rings. The van der Waals surface area contributed by atoms with Crippen LogP contribution in [0.2, 0.25) is 0 Å². The van der Waals surface area contributed by atoms with Gasteiger partial charge < -0.3 is 9.47 Å². The van der Waals surface area contributed by atoms with Crippen molar-refractivity contribution in [2.75, 3.05) is 7.11 Å². The van der Waals surface area contributed by atoms with Gasteiger partial charge in [0.1, 0.15) is 17.8 Å². The molecule has 104 valence electrons. The Balaban J connectivity index is 2.35. The lowest BCUT2D eigenvalue weighted by molar-refractivity contribution is 0.112. The molecule has 0 amide bonds. The van der Waals surface area contributed by atoms with E-state index in [0.29, 0.717) is 16.5 Å². The molecule has 3 nitrogen and oxygen atoms in total. The molecule has 0 saturated carbocycles. The molecule has 0 aromatic heterocycles. The summed E-state index contributed by atoms with van der Waals surface area (Å²) in [6.07, 6.45) is 0.361. The highest BCUT2D eigenvalue weighted by Crippen LogP contribution is 2.33. The van der Waals surface area contributed by atoms with Gasteiger partial charge in [-0.2, -0.15) is 0 Å². The first kappa shape index (κ1) is 14.5. The summed E-state index contributed by atoms with van der Waals surface area (Å²) in [5.41, 5.74) is -0.0942. The van der Waals surface area contributed by atoms with E-state index in [2.05, 4.69) is 15.9 Å². The van der Waals surface area contributed by atoms with Gasteiger partial charge in [0.2, 0.25) is 0 Å². The topological polar surface area (TPSA) is 35.5 Å². The molecule has 2 aromatic carbocycles. The first-order valence-electron chi connectivity index (χ1n) is 5.50. The van der Waals surface area contributed by atoms with Gasteiger partial charge in [-0.1, -0.05) is 0 Å². The number of rotatable bonds is 4. The summed E-state index contributed by atoms with van der Waals surface area (Å²) in [6, 6.07) is 6.43. The van der Waals surface area contributed by atoms with Crippen molar-refractivity contribution < 1.29 is 23.0 Å². The fraction of sp³-hybridized carbons (Fsp3) is 0.0714. The lowest BCUT2D eigenvalue weighted by atomic mass is 10.2. The van der Waals surface area contributed by atoms with Crippen molar-refractivity contribution in [1.82, 2.24) is 0 Å². The zero-order chi connectivity index (χ0) is 14.7. The smallest absolute Gasteiger partial charge is 0.198 e. The SMILES string of the molecule is COc1ccc(Oc2c(F)cc(C=O)cc2F)cc1Br. The van der Waals surface area contributed by atoms with Crippen LogP contribution in [0.4, 0.5) is 8.78 Å². The number of hydrogen-bond acceptors (Lipinski definition) is 3. The lowest BCUT2D eigenvalue weighted by Gasteiger charge is -2.10. The highest BCUT2D eigenvalue weighted by Gasteiger charge is 2.14. The molecule has 0 spiro atoms. The van der Waals surface area contributed by atoms with Crippen LogP contribution in [0.1, 0.15) is 10.4 Å². The van der Waals surface area contributed by atoms with Gasteiger partial charge in [0.15, 0.2) is 17.4 Å². The van der Waals surface area contributed by atoms with Crippen LogP contribution in [-0.2, 0) is 0 Å². The monoisotopic (exact) mass is 342 g/mol. The molecular formula is C14H9BrF2O3. The van der Waals surface area contributed by atoms with Crippen LogP contribution in [-0.4, -0.2) is 13.4 Å². The van der Waals surface area contributed by atoms with Crippen LogP contribution < -0.4 is 9.47 Å². The molecule has 0 aliphatic heterocycles. The van der Waals surface area contributed by atoms with Crippen LogP contribution >= 0.6 is 15.9 Å². The molecule has 0 N–H and O–H groups in total. The van der Waals surface area contributed by atoms with Crippen LogP contribution in [0.25, 0.3) is 0 Å². The second-order valence-corrected chi connectivity index (χ2v) is 4.68. The normalized spacial score (nSPS) is 10.2. The van der Waals surface area contributed by atoms with Crippen molar-refractivity contribution in [2.24, 2.45) is 0 Å². The number of methoxy groups -OCH3 is 1. The maximum absolute atomic E-state index is 13.7. The van der Waals surface area contributed by atoms with Crippen molar-refractivity contribution in [3.63, 3.8) is 0 Å². The average Bonchev–Trinajstić information content (AvgIpc) is 2.42. The molecule has 0 bridgehead atoms. The predicted molar refractivity (Wildman–Crippen MR) is 72.5 cm³/mol. The maximum atomic E-state index is 13.7. The summed E-state index contributed by atoms with van der Waals surface area (Å²) in [5, 5.41) is 0. The van der Waals surface area contributed by atoms with E-state index in [-0.39, 0.29) is 11.3 Å². The van der Waals surface area contributed by atoms with Gasteiger partial charge in [-0.25, -0.2) is 8.78 Å². The number of carbonyl (C=O) groups excluding carboxylic acids is 1. The molecule has 0 unspecified atom stereocenters. The zero-order valence-corrected chi connectivity index (χ0v) is 11.9. The fourth-order valence-electron chi connectivity index (χ4n) is 1.57. The molecule has 0 aliphatic rings. The fourth-order valence-corrected chi connectivity index (χ4v) is 2.09. The number of carbonyl (C=O) groups is 1. The van der Waals surface area contributed by atoms with E-state index in [1.807, 2.05) is 0 Å². The van der Waals surface area contributed by atoms with Gasteiger partial charge in [0.25, 0.3) is 0 Å². The Morgan fingerprint density at radius 2 is 1.80 bits per heavy atom. The largest absolute Gasteiger partial charge is 0.496 e. The summed E-state index contributed by atoms with van der Waals surface area (Å²) in [4.78, 5) is 10.5. The minimum Gasteiger partial charge on any atom is -0.496 e. The van der Waals surface area contributed by atoms with Crippen LogP contribution in [0, 0.1) is 11.6 Å². The third-order valence-corrected chi connectivity index (χ3v) is 3.12. The van der Waals surface area contributed by atoms with Gasteiger partial charge in [-0.3, -0.25) is 4.79 Å². The van der Waals surface area contributed by atoms with Crippen molar-refractivity contribution in [2.45, 2.75) is 0 Å². The average molecular weight is 343 g/mol. The van der Waals surface area contributed by atoms with Crippen molar-refractivity contribution >= 4 is 22.2 Å². The lowest BCUT2D eigenvalue weighted by Crippen LogP contribution is -1.95. The summed E-state index contributed by atoms with van der Waals surface area (Å²) >= 11 is 3.24. The first-order valence-corrected chi connectivity index (χ1v) is 6.30. The standard InChI is InChI=1S/C14H9BrF2O3/c1-19-13-3-2-9(6-10(13)15)20-14-11(16)4-8(7-18)5-12(14)17/h2-7H,1H3. The molecule has 20 heavy (non-hydrogen) atoms. The Morgan fingerprint density at radius 1 is 1.15 bits per heavy atom. The van der Waals surface area contributed by atoms with Crippen LogP contribution in [0.5, 0.6) is 17.2 Å². The van der Waals surface area contributed by atoms with E-state index >= 15 is 0 Å². The van der Waals surface area contributed by atoms with E-state index in [1.54, 1.807) is 6.07 Å². The molecule has 0 heterocycles. The second kappa shape index (κ2) is 6.00. The van der Waals surface area contributed by atoms with Crippen LogP contribution in [0.3, 0.4) is 0 Å². The van der Waals surface area contributed by atoms with E-state index in [4.69, 9.17) is 9.47 Å². The number of aldehydes is 1. The molecular weight excluding hydrogens is 334 g/mol. The third-order valence-electron chi connectivity index (χ3n) is 2.50. The number of halogens is 3. The van der Waals surface area contributed by atoms with Gasteiger partial charge in [0.05, 0.1) is 11.6 Å². The van der Waals surface area contributed by atoms with E-state index in [1.165, 1.54) is 19.2 Å². The Hall–Kier alpha value is -1.95. The highest BCUT2D eigenvalue weighted by molar-refractivity contribution is 9.10. The molecule has 0 aliphatic carbocycles. The summed E-state index contributed by atoms with van der Waals surface area (Å²) in [6.45, 7) is 0. The van der Waals surface area contributed by atoms with Gasteiger partial charge in [-0.15, -0.1) is 0 Å². The third kappa shape index (κ3) is 2.96. The number of hydrogen-bond donors (Lipinski definition) is 0. The maximum Gasteiger partial charge on any atom is 0.198 e. The van der Waals surface area contributed by atoms with Crippen LogP contribution in [0.15, 0.2) is 34.8 Å². The molecule has 2 aromatic rings. The van der Waals surface area contributed by atoms with E-state index in [0.717, 1.165) is 12.1 Å². The summed E-state index contributed by atoms with van der Waals surface area (Å²) < 4.78 is 38.1. The quantitative estimate of drug-likeness (QED) is 0.775. The van der Waals surface area contributed by atoms with Gasteiger partial charge >= 0.3 is 0 Å². The predicted octanol–water partition coefficient (Wildman–Crippen LogP) is 4.34. The summed E-state index contributed by atoms with van der Waals surface area (Å²) in [5.74, 6) is -1.66. The minimum atomic E-state index is -0.945. The Labute approximate surface area is 122 Å². The van der Waals surface area contributed by atoms with Gasteiger partial charge in [0, 0.05) is 5.56 Å². The molecule has 0 atom stereocenters. The zero-order valence-electron chi connectivity index (χ0n) is 10.3. The molecule has 2 rings (SSSR count). The number of ether oxygens (including phenoxy) is 2. The first-order chi connectivity index (χ1) is 9.55. The molecule has 0 radical (unpaired) electrons. The molecule has 0 saturated heterocycles. The van der Waals surface area contributed by atoms with E-state index < -0.39 is 17.4 Å². The minimum absolute atomic E-state index is 0.0942. The Bertz CT molecular complexity index is 636. The van der Waals surface area contributed by atoms with Crippen molar-refractivity contribution in [1.29, 1.82) is 0 Å². The molecule has 6 heteroatoms. The second-order valence-electron chi connectivity index (χ2n) is 3.83. The summed E-state index contributed by atoms with van der Waals surface area (Å²) in [7, 11) is 1.50. The van der Waals surface area contributed by atoms with Gasteiger partial charge in [-0.05, 0) is 46.3 Å². The Morgan fingerprint density at radius 3 is 2.30 bits per heavy atom. The van der Waals surface area contributed by atoms with E-state index in [9.17, 15) is 13.6 Å². The van der Waals surface area contributed by atoms with Crippen molar-refractivity contribution in [3.8, 4) is 17.2 Å². The highest BCUT2D eigenvalue weighted by atomic mass is 79.9. The van der Waals surface area contributed by atoms with Crippen molar-refractivity contribution in [3.05, 3.63) is 52.0 Å². The Kier molecular flexibility index (Phi) is 4.34. The number of benzene rings is 2.